The fourth-order valence-electron chi connectivity index (χ4n) is 4.47. The van der Waals surface area contributed by atoms with Crippen molar-refractivity contribution in [2.24, 2.45) is 5.92 Å². The molecule has 2 aromatic carbocycles. The van der Waals surface area contributed by atoms with Crippen LogP contribution in [0.3, 0.4) is 0 Å². The molecule has 0 bridgehead atoms. The third-order valence-electron chi connectivity index (χ3n) is 6.07. The van der Waals surface area contributed by atoms with Crippen molar-refractivity contribution < 1.29 is 14.3 Å². The topological polar surface area (TPSA) is 71.5 Å². The third kappa shape index (κ3) is 5.05. The Kier molecular flexibility index (Phi) is 6.71. The summed E-state index contributed by atoms with van der Waals surface area (Å²) >= 11 is 0. The Hall–Kier alpha value is -3.69. The molecule has 1 amide bonds. The Balaban J connectivity index is 1.47. The Morgan fingerprint density at radius 1 is 1.18 bits per heavy atom. The fraction of sp³-hybridized carbons (Fsp3) is 0.296. The van der Waals surface area contributed by atoms with E-state index in [9.17, 15) is 9.59 Å². The van der Waals surface area contributed by atoms with E-state index in [0.29, 0.717) is 25.2 Å². The Bertz CT molecular complexity index is 1210. The molecule has 6 nitrogen and oxygen atoms in total. The molecule has 168 valence electrons. The van der Waals surface area contributed by atoms with Gasteiger partial charge in [0.2, 0.25) is 0 Å². The number of aryl methyl sites for hydroxylation is 1. The highest BCUT2D eigenvalue weighted by Gasteiger charge is 2.39. The number of fused-ring (bicyclic) bond motifs is 1. The molecule has 0 aliphatic carbocycles. The smallest absolute Gasteiger partial charge is 0.312 e. The van der Waals surface area contributed by atoms with Gasteiger partial charge in [0, 0.05) is 29.7 Å². The molecule has 0 radical (unpaired) electrons. The molecule has 6 heteroatoms. The van der Waals surface area contributed by atoms with E-state index in [4.69, 9.17) is 11.2 Å². The van der Waals surface area contributed by atoms with Gasteiger partial charge in [-0.05, 0) is 48.7 Å². The van der Waals surface area contributed by atoms with Gasteiger partial charge in [-0.1, -0.05) is 36.3 Å². The van der Waals surface area contributed by atoms with Gasteiger partial charge in [0.25, 0.3) is 5.91 Å². The van der Waals surface area contributed by atoms with Crippen molar-refractivity contribution in [1.29, 1.82) is 0 Å². The van der Waals surface area contributed by atoms with E-state index in [1.807, 2.05) is 54.3 Å². The van der Waals surface area contributed by atoms with Crippen LogP contribution in [0, 0.1) is 25.2 Å². The summed E-state index contributed by atoms with van der Waals surface area (Å²) in [6.45, 7) is 3.42. The highest BCUT2D eigenvalue weighted by Crippen LogP contribution is 2.22. The summed E-state index contributed by atoms with van der Waals surface area (Å²) in [5, 5.41) is 4.13. The minimum Gasteiger partial charge on any atom is -0.469 e. The number of rotatable bonds is 6. The second-order valence-corrected chi connectivity index (χ2v) is 8.42. The average molecular weight is 442 g/mol. The number of nitrogens with one attached hydrogen (secondary N) is 1. The van der Waals surface area contributed by atoms with E-state index < -0.39 is 5.92 Å². The van der Waals surface area contributed by atoms with Gasteiger partial charge in [0.15, 0.2) is 0 Å². The molecule has 33 heavy (non-hydrogen) atoms. The first-order chi connectivity index (χ1) is 16.0. The number of ether oxygens (including phenoxy) is 1. The number of benzene rings is 2. The lowest BCUT2D eigenvalue weighted by atomic mass is 9.99. The monoisotopic (exact) mass is 441 g/mol. The van der Waals surface area contributed by atoms with Crippen LogP contribution in [0.2, 0.25) is 0 Å². The molecule has 1 aromatic heterocycles. The standard InChI is InChI=1S/C27H27N3O3/c1-4-13-30-16-23(27(32)33-3)25(17-30)29-26(31)20-11-9-19(10-12-20)15-21-14-18(2)28-24-8-6-5-7-22(21)24/h1,5-12,14,23,25H,13,15-17H2,2-3H3,(H,29,31)/t23-,25+/m0/s1. The van der Waals surface area contributed by atoms with Gasteiger partial charge in [0.05, 0.1) is 31.1 Å². The molecule has 1 N–H and O–H groups in total. The van der Waals surface area contributed by atoms with E-state index in [0.717, 1.165) is 28.6 Å². The van der Waals surface area contributed by atoms with Gasteiger partial charge in [0.1, 0.15) is 0 Å². The number of terminal acetylenes is 1. The van der Waals surface area contributed by atoms with Gasteiger partial charge in [-0.15, -0.1) is 6.42 Å². The van der Waals surface area contributed by atoms with Crippen LogP contribution in [0.1, 0.15) is 27.2 Å². The molecular weight excluding hydrogens is 414 g/mol. The largest absolute Gasteiger partial charge is 0.469 e. The summed E-state index contributed by atoms with van der Waals surface area (Å²) in [6, 6.07) is 17.5. The number of hydrogen-bond acceptors (Lipinski definition) is 5. The SMILES string of the molecule is C#CCN1C[C@H](C(=O)OC)[C@H](NC(=O)c2ccc(Cc3cc(C)nc4ccccc34)cc2)C1. The molecule has 1 fully saturated rings. The van der Waals surface area contributed by atoms with Crippen molar-refractivity contribution in [3.05, 3.63) is 77.0 Å². The third-order valence-corrected chi connectivity index (χ3v) is 6.07. The lowest BCUT2D eigenvalue weighted by molar-refractivity contribution is -0.145. The van der Waals surface area contributed by atoms with Crippen LogP contribution in [0.4, 0.5) is 0 Å². The number of pyridine rings is 1. The van der Waals surface area contributed by atoms with Crippen LogP contribution in [-0.4, -0.2) is 54.5 Å². The van der Waals surface area contributed by atoms with Crippen LogP contribution in [0.25, 0.3) is 10.9 Å². The quantitative estimate of drug-likeness (QED) is 0.470. The molecule has 2 atom stereocenters. The van der Waals surface area contributed by atoms with Gasteiger partial charge < -0.3 is 10.1 Å². The summed E-state index contributed by atoms with van der Waals surface area (Å²) in [6.07, 6.45) is 6.16. The number of hydrogen-bond donors (Lipinski definition) is 1. The Morgan fingerprint density at radius 3 is 2.67 bits per heavy atom. The van der Waals surface area contributed by atoms with Crippen molar-refractivity contribution in [2.75, 3.05) is 26.7 Å². The zero-order chi connectivity index (χ0) is 23.4. The number of carbonyl (C=O) groups is 2. The van der Waals surface area contributed by atoms with Crippen LogP contribution >= 0.6 is 0 Å². The number of aromatic nitrogens is 1. The van der Waals surface area contributed by atoms with Crippen LogP contribution in [0.5, 0.6) is 0 Å². The van der Waals surface area contributed by atoms with Crippen molar-refractivity contribution in [3.8, 4) is 12.3 Å². The number of esters is 1. The molecular formula is C27H27N3O3. The van der Waals surface area contributed by atoms with E-state index >= 15 is 0 Å². The number of carbonyl (C=O) groups excluding carboxylic acids is 2. The lowest BCUT2D eigenvalue weighted by Gasteiger charge is -2.18. The summed E-state index contributed by atoms with van der Waals surface area (Å²) < 4.78 is 4.92. The zero-order valence-electron chi connectivity index (χ0n) is 18.9. The van der Waals surface area contributed by atoms with Gasteiger partial charge >= 0.3 is 5.97 Å². The first-order valence-corrected chi connectivity index (χ1v) is 11.0. The summed E-state index contributed by atoms with van der Waals surface area (Å²) in [4.78, 5) is 31.6. The summed E-state index contributed by atoms with van der Waals surface area (Å²) in [7, 11) is 1.36. The van der Waals surface area contributed by atoms with Gasteiger partial charge in [-0.3, -0.25) is 19.5 Å². The number of nitrogens with zero attached hydrogens (tertiary/aromatic N) is 2. The van der Waals surface area contributed by atoms with Crippen molar-refractivity contribution in [2.45, 2.75) is 19.4 Å². The minimum absolute atomic E-state index is 0.215. The molecule has 3 aromatic rings. The highest BCUT2D eigenvalue weighted by molar-refractivity contribution is 5.95. The predicted octanol–water partition coefficient (Wildman–Crippen LogP) is 2.97. The number of amides is 1. The predicted molar refractivity (Wildman–Crippen MR) is 128 cm³/mol. The number of methoxy groups -OCH3 is 1. The molecule has 1 aliphatic heterocycles. The molecule has 2 heterocycles. The number of para-hydroxylation sites is 1. The maximum Gasteiger partial charge on any atom is 0.312 e. The van der Waals surface area contributed by atoms with E-state index in [1.54, 1.807) is 0 Å². The molecule has 0 spiro atoms. The van der Waals surface area contributed by atoms with Crippen LogP contribution in [0.15, 0.2) is 54.6 Å². The maximum atomic E-state index is 12.9. The summed E-state index contributed by atoms with van der Waals surface area (Å²) in [5.74, 6) is 1.60. The van der Waals surface area contributed by atoms with Crippen molar-refractivity contribution in [1.82, 2.24) is 15.2 Å². The number of likely N-dealkylation sites (tertiary alicyclic amines) is 1. The Labute approximate surface area is 194 Å². The lowest BCUT2D eigenvalue weighted by Crippen LogP contribution is -2.43. The van der Waals surface area contributed by atoms with Crippen molar-refractivity contribution in [3.63, 3.8) is 0 Å². The van der Waals surface area contributed by atoms with Crippen LogP contribution < -0.4 is 5.32 Å². The Morgan fingerprint density at radius 2 is 1.94 bits per heavy atom. The minimum atomic E-state index is -0.435. The average Bonchev–Trinajstić information content (AvgIpc) is 3.21. The molecule has 4 rings (SSSR count). The molecule has 1 aliphatic rings. The van der Waals surface area contributed by atoms with Gasteiger partial charge in [-0.2, -0.15) is 0 Å². The second kappa shape index (κ2) is 9.85. The normalized spacial score (nSPS) is 18.1. The molecule has 1 saturated heterocycles. The first kappa shape index (κ1) is 22.5. The zero-order valence-corrected chi connectivity index (χ0v) is 18.9. The fourth-order valence-corrected chi connectivity index (χ4v) is 4.47. The van der Waals surface area contributed by atoms with Crippen LogP contribution in [-0.2, 0) is 16.0 Å². The summed E-state index contributed by atoms with van der Waals surface area (Å²) in [5.41, 5.74) is 4.83. The van der Waals surface area contributed by atoms with E-state index in [2.05, 4.69) is 28.4 Å². The second-order valence-electron chi connectivity index (χ2n) is 8.42. The molecule has 0 saturated carbocycles. The van der Waals surface area contributed by atoms with E-state index in [-0.39, 0.29) is 17.9 Å². The highest BCUT2D eigenvalue weighted by atomic mass is 16.5. The van der Waals surface area contributed by atoms with Crippen molar-refractivity contribution >= 4 is 22.8 Å². The first-order valence-electron chi connectivity index (χ1n) is 11.0. The van der Waals surface area contributed by atoms with Gasteiger partial charge in [-0.25, -0.2) is 0 Å². The molecule has 0 unspecified atom stereocenters. The van der Waals surface area contributed by atoms with E-state index in [1.165, 1.54) is 12.7 Å². The maximum absolute atomic E-state index is 12.9.